The van der Waals surface area contributed by atoms with E-state index >= 15 is 0 Å². The van der Waals surface area contributed by atoms with E-state index in [1.54, 1.807) is 0 Å². The average molecular weight is 212 g/mol. The number of rotatable bonds is 3. The highest BCUT2D eigenvalue weighted by Gasteiger charge is 2.28. The van der Waals surface area contributed by atoms with Crippen molar-refractivity contribution in [2.75, 3.05) is 13.1 Å². The minimum Gasteiger partial charge on any atom is -0.393 e. The van der Waals surface area contributed by atoms with Crippen molar-refractivity contribution in [1.29, 1.82) is 0 Å². The smallest absolute Gasteiger partial charge is 0.237 e. The minimum atomic E-state index is -0.0974. The Bertz CT molecular complexity index is 227. The Hall–Kier alpha value is -0.610. The van der Waals surface area contributed by atoms with Gasteiger partial charge in [-0.3, -0.25) is 4.79 Å². The lowest BCUT2D eigenvalue weighted by Crippen LogP contribution is -2.46. The summed E-state index contributed by atoms with van der Waals surface area (Å²) in [6.07, 6.45) is 4.83. The van der Waals surface area contributed by atoms with Crippen molar-refractivity contribution >= 4 is 5.91 Å². The molecule has 2 rings (SSSR count). The molecule has 1 aliphatic carbocycles. The zero-order valence-electron chi connectivity index (χ0n) is 9.04. The minimum absolute atomic E-state index is 0.00903. The van der Waals surface area contributed by atoms with E-state index < -0.39 is 0 Å². The first-order valence-electron chi connectivity index (χ1n) is 5.95. The number of hydrogen-bond acceptors (Lipinski definition) is 3. The summed E-state index contributed by atoms with van der Waals surface area (Å²) in [5.74, 6) is 0.712. The number of hydrogen-bond donors (Lipinski definition) is 3. The van der Waals surface area contributed by atoms with Crippen LogP contribution in [-0.4, -0.2) is 36.2 Å². The molecule has 3 N–H and O–H groups in total. The maximum Gasteiger partial charge on any atom is 0.237 e. The van der Waals surface area contributed by atoms with Crippen LogP contribution >= 0.6 is 0 Å². The van der Waals surface area contributed by atoms with Crippen LogP contribution in [0.5, 0.6) is 0 Å². The van der Waals surface area contributed by atoms with Crippen molar-refractivity contribution in [1.82, 2.24) is 10.6 Å². The van der Waals surface area contributed by atoms with Gasteiger partial charge in [-0.1, -0.05) is 0 Å². The topological polar surface area (TPSA) is 61.4 Å². The van der Waals surface area contributed by atoms with Gasteiger partial charge in [0.05, 0.1) is 12.1 Å². The van der Waals surface area contributed by atoms with Crippen LogP contribution in [0.15, 0.2) is 0 Å². The normalized spacial score (nSPS) is 36.6. The number of amides is 1. The van der Waals surface area contributed by atoms with Crippen LogP contribution in [0.25, 0.3) is 0 Å². The van der Waals surface area contributed by atoms with E-state index in [4.69, 9.17) is 5.11 Å². The van der Waals surface area contributed by atoms with Crippen molar-refractivity contribution < 1.29 is 9.90 Å². The van der Waals surface area contributed by atoms with Crippen molar-refractivity contribution in [3.05, 3.63) is 0 Å². The molecule has 1 atom stereocenters. The van der Waals surface area contributed by atoms with Gasteiger partial charge in [-0.25, -0.2) is 0 Å². The van der Waals surface area contributed by atoms with Crippen molar-refractivity contribution in [2.45, 2.75) is 44.2 Å². The SMILES string of the molecule is O=C1NCCCCC1NCC1CC(O)C1. The van der Waals surface area contributed by atoms with E-state index in [0.717, 1.165) is 45.2 Å². The monoisotopic (exact) mass is 212 g/mol. The number of carbonyl (C=O) groups excluding carboxylic acids is 1. The molecular formula is C11H20N2O2. The Balaban J connectivity index is 1.70. The molecule has 0 aromatic rings. The van der Waals surface area contributed by atoms with E-state index in [-0.39, 0.29) is 18.1 Å². The van der Waals surface area contributed by atoms with Gasteiger partial charge in [0.2, 0.25) is 5.91 Å². The van der Waals surface area contributed by atoms with Crippen LogP contribution in [0.2, 0.25) is 0 Å². The number of nitrogens with one attached hydrogen (secondary N) is 2. The van der Waals surface area contributed by atoms with Crippen molar-refractivity contribution in [2.24, 2.45) is 5.92 Å². The lowest BCUT2D eigenvalue weighted by molar-refractivity contribution is -0.123. The van der Waals surface area contributed by atoms with E-state index in [2.05, 4.69) is 10.6 Å². The molecule has 1 unspecified atom stereocenters. The molecule has 1 saturated carbocycles. The third kappa shape index (κ3) is 2.92. The van der Waals surface area contributed by atoms with Gasteiger partial charge in [0.1, 0.15) is 0 Å². The molecule has 0 bridgehead atoms. The van der Waals surface area contributed by atoms with Gasteiger partial charge >= 0.3 is 0 Å². The van der Waals surface area contributed by atoms with Gasteiger partial charge in [0.15, 0.2) is 0 Å². The molecule has 86 valence electrons. The summed E-state index contributed by atoms with van der Waals surface area (Å²) in [6.45, 7) is 1.69. The summed E-state index contributed by atoms with van der Waals surface area (Å²) >= 11 is 0. The fourth-order valence-corrected chi connectivity index (χ4v) is 2.31. The molecule has 0 aromatic carbocycles. The fraction of sp³-hybridized carbons (Fsp3) is 0.909. The highest BCUT2D eigenvalue weighted by atomic mass is 16.3. The molecule has 0 spiro atoms. The largest absolute Gasteiger partial charge is 0.393 e. The van der Waals surface area contributed by atoms with Crippen LogP contribution < -0.4 is 10.6 Å². The van der Waals surface area contributed by atoms with Gasteiger partial charge in [-0.05, 0) is 44.6 Å². The van der Waals surface area contributed by atoms with Crippen LogP contribution in [0.1, 0.15) is 32.1 Å². The predicted molar refractivity (Wildman–Crippen MR) is 57.4 cm³/mol. The van der Waals surface area contributed by atoms with Gasteiger partial charge < -0.3 is 15.7 Å². The summed E-state index contributed by atoms with van der Waals surface area (Å²) in [6, 6.07) is -0.00903. The molecular weight excluding hydrogens is 192 g/mol. The Kier molecular flexibility index (Phi) is 3.59. The molecule has 0 radical (unpaired) electrons. The zero-order valence-corrected chi connectivity index (χ0v) is 9.04. The predicted octanol–water partition coefficient (Wildman–Crippen LogP) is 0.0156. The quantitative estimate of drug-likeness (QED) is 0.618. The molecule has 1 heterocycles. The average Bonchev–Trinajstić information content (AvgIpc) is 2.36. The van der Waals surface area contributed by atoms with Crippen molar-refractivity contribution in [3.63, 3.8) is 0 Å². The maximum atomic E-state index is 11.6. The summed E-state index contributed by atoms with van der Waals surface area (Å²) in [5.41, 5.74) is 0. The summed E-state index contributed by atoms with van der Waals surface area (Å²) in [5, 5.41) is 15.4. The number of aliphatic hydroxyl groups is 1. The summed E-state index contributed by atoms with van der Waals surface area (Å²) in [4.78, 5) is 11.6. The van der Waals surface area contributed by atoms with E-state index in [1.807, 2.05) is 0 Å². The second kappa shape index (κ2) is 4.94. The molecule has 15 heavy (non-hydrogen) atoms. The zero-order chi connectivity index (χ0) is 10.7. The standard InChI is InChI=1S/C11H20N2O2/c14-9-5-8(6-9)7-13-10-3-1-2-4-12-11(10)15/h8-10,13-14H,1-7H2,(H,12,15). The Morgan fingerprint density at radius 3 is 2.93 bits per heavy atom. The second-order valence-electron chi connectivity index (χ2n) is 4.74. The van der Waals surface area contributed by atoms with Gasteiger partial charge in [-0.2, -0.15) is 0 Å². The van der Waals surface area contributed by atoms with Crippen LogP contribution in [-0.2, 0) is 4.79 Å². The van der Waals surface area contributed by atoms with Crippen molar-refractivity contribution in [3.8, 4) is 0 Å². The highest BCUT2D eigenvalue weighted by molar-refractivity contribution is 5.81. The van der Waals surface area contributed by atoms with Gasteiger partial charge in [0.25, 0.3) is 0 Å². The molecule has 1 amide bonds. The lowest BCUT2D eigenvalue weighted by Gasteiger charge is -2.32. The molecule has 4 heteroatoms. The van der Waals surface area contributed by atoms with E-state index in [1.165, 1.54) is 0 Å². The lowest BCUT2D eigenvalue weighted by atomic mass is 9.82. The summed E-state index contributed by atoms with van der Waals surface area (Å²) < 4.78 is 0. The van der Waals surface area contributed by atoms with Crippen LogP contribution in [0, 0.1) is 5.92 Å². The highest BCUT2D eigenvalue weighted by Crippen LogP contribution is 2.26. The maximum absolute atomic E-state index is 11.6. The molecule has 0 aromatic heterocycles. The van der Waals surface area contributed by atoms with Gasteiger partial charge in [-0.15, -0.1) is 0 Å². The molecule has 1 aliphatic heterocycles. The third-order valence-electron chi connectivity index (χ3n) is 3.40. The first-order chi connectivity index (χ1) is 7.25. The first kappa shape index (κ1) is 10.9. The first-order valence-corrected chi connectivity index (χ1v) is 5.95. The molecule has 2 fully saturated rings. The Morgan fingerprint density at radius 2 is 2.20 bits per heavy atom. The Morgan fingerprint density at radius 1 is 1.40 bits per heavy atom. The number of carbonyl (C=O) groups is 1. The third-order valence-corrected chi connectivity index (χ3v) is 3.40. The second-order valence-corrected chi connectivity index (χ2v) is 4.74. The van der Waals surface area contributed by atoms with Crippen LogP contribution in [0.4, 0.5) is 0 Å². The van der Waals surface area contributed by atoms with E-state index in [9.17, 15) is 4.79 Å². The summed E-state index contributed by atoms with van der Waals surface area (Å²) in [7, 11) is 0. The molecule has 2 aliphatic rings. The van der Waals surface area contributed by atoms with Crippen LogP contribution in [0.3, 0.4) is 0 Å². The molecule has 4 nitrogen and oxygen atoms in total. The number of aliphatic hydroxyl groups excluding tert-OH is 1. The fourth-order valence-electron chi connectivity index (χ4n) is 2.31. The van der Waals surface area contributed by atoms with E-state index in [0.29, 0.717) is 5.92 Å². The van der Waals surface area contributed by atoms with Gasteiger partial charge in [0, 0.05) is 6.54 Å². The molecule has 1 saturated heterocycles. The Labute approximate surface area is 90.4 Å².